The smallest absolute Gasteiger partial charge is 0.305 e. The van der Waals surface area contributed by atoms with Crippen LogP contribution < -0.4 is 4.90 Å². The molecule has 0 N–H and O–H groups in total. The molecule has 5 nitrogen and oxygen atoms in total. The molecule has 0 spiro atoms. The number of hydrogen-bond acceptors (Lipinski definition) is 5. The number of rotatable bonds is 7. The van der Waals surface area contributed by atoms with Crippen LogP contribution in [0.3, 0.4) is 0 Å². The minimum Gasteiger partial charge on any atom is -0.464 e. The lowest BCUT2D eigenvalue weighted by Crippen LogP contribution is -2.47. The van der Waals surface area contributed by atoms with Crippen molar-refractivity contribution in [2.75, 3.05) is 44.2 Å². The van der Waals surface area contributed by atoms with Crippen molar-refractivity contribution < 1.29 is 9.53 Å². The van der Waals surface area contributed by atoms with E-state index < -0.39 is 0 Å². The lowest BCUT2D eigenvalue weighted by Gasteiger charge is -2.35. The van der Waals surface area contributed by atoms with Gasteiger partial charge in [-0.1, -0.05) is 19.4 Å². The minimum absolute atomic E-state index is 0.0653. The van der Waals surface area contributed by atoms with Gasteiger partial charge in [-0.25, -0.2) is 4.98 Å². The van der Waals surface area contributed by atoms with Gasteiger partial charge in [0, 0.05) is 44.8 Å². The van der Waals surface area contributed by atoms with Crippen LogP contribution in [0.5, 0.6) is 0 Å². The standard InChI is InChI=1S/C17H27N3O2/c1-3-4-8-17(21)22-14-13-19-9-11-20(12-10-19)16-7-5-6-15(2)18-16/h5-7H,3-4,8-14H2,1-2H3. The normalized spacial score (nSPS) is 15.8. The molecule has 1 aromatic rings. The molecular formula is C17H27N3O2. The quantitative estimate of drug-likeness (QED) is 0.723. The molecule has 0 unspecified atom stereocenters. The van der Waals surface area contributed by atoms with Crippen LogP contribution in [0, 0.1) is 6.92 Å². The Bertz CT molecular complexity index is 471. The number of piperazine rings is 1. The van der Waals surface area contributed by atoms with E-state index in [0.717, 1.165) is 57.1 Å². The predicted molar refractivity (Wildman–Crippen MR) is 88.1 cm³/mol. The summed E-state index contributed by atoms with van der Waals surface area (Å²) in [6.45, 7) is 9.35. The number of unbranched alkanes of at least 4 members (excludes halogenated alkanes) is 1. The summed E-state index contributed by atoms with van der Waals surface area (Å²) in [6, 6.07) is 6.14. The number of pyridine rings is 1. The Morgan fingerprint density at radius 1 is 1.27 bits per heavy atom. The lowest BCUT2D eigenvalue weighted by molar-refractivity contribution is -0.144. The zero-order valence-electron chi connectivity index (χ0n) is 13.8. The molecule has 22 heavy (non-hydrogen) atoms. The van der Waals surface area contributed by atoms with Crippen LogP contribution in [-0.4, -0.2) is 55.2 Å². The molecule has 0 atom stereocenters. The van der Waals surface area contributed by atoms with Crippen molar-refractivity contribution in [3.63, 3.8) is 0 Å². The molecule has 122 valence electrons. The van der Waals surface area contributed by atoms with Gasteiger partial charge in [0.1, 0.15) is 12.4 Å². The van der Waals surface area contributed by atoms with Gasteiger partial charge in [0.15, 0.2) is 0 Å². The average Bonchev–Trinajstić information content (AvgIpc) is 2.53. The summed E-state index contributed by atoms with van der Waals surface area (Å²) in [5.74, 6) is 0.995. The second kappa shape index (κ2) is 8.73. The number of esters is 1. The zero-order valence-corrected chi connectivity index (χ0v) is 13.8. The largest absolute Gasteiger partial charge is 0.464 e. The Morgan fingerprint density at radius 2 is 2.05 bits per heavy atom. The van der Waals surface area contributed by atoms with E-state index in [-0.39, 0.29) is 5.97 Å². The van der Waals surface area contributed by atoms with Crippen LogP contribution in [0.25, 0.3) is 0 Å². The van der Waals surface area contributed by atoms with Crippen LogP contribution >= 0.6 is 0 Å². The first kappa shape index (κ1) is 16.7. The molecule has 5 heteroatoms. The summed E-state index contributed by atoms with van der Waals surface area (Å²) in [5, 5.41) is 0. The van der Waals surface area contributed by atoms with Gasteiger partial charge in [-0.3, -0.25) is 9.69 Å². The predicted octanol–water partition coefficient (Wildman–Crippen LogP) is 2.25. The van der Waals surface area contributed by atoms with E-state index in [0.29, 0.717) is 13.0 Å². The highest BCUT2D eigenvalue weighted by atomic mass is 16.5. The molecule has 2 heterocycles. The number of ether oxygens (including phenoxy) is 1. The molecule has 0 saturated carbocycles. The summed E-state index contributed by atoms with van der Waals surface area (Å²) in [6.07, 6.45) is 2.49. The fraction of sp³-hybridized carbons (Fsp3) is 0.647. The van der Waals surface area contributed by atoms with Gasteiger partial charge in [0.05, 0.1) is 0 Å². The molecule has 0 radical (unpaired) electrons. The first-order valence-corrected chi connectivity index (χ1v) is 8.25. The van der Waals surface area contributed by atoms with Crippen molar-refractivity contribution in [1.82, 2.24) is 9.88 Å². The number of aromatic nitrogens is 1. The third-order valence-electron chi connectivity index (χ3n) is 3.97. The van der Waals surface area contributed by atoms with Gasteiger partial charge in [-0.2, -0.15) is 0 Å². The van der Waals surface area contributed by atoms with Crippen LogP contribution in [0.15, 0.2) is 18.2 Å². The number of anilines is 1. The minimum atomic E-state index is -0.0653. The zero-order chi connectivity index (χ0) is 15.8. The third-order valence-corrected chi connectivity index (χ3v) is 3.97. The monoisotopic (exact) mass is 305 g/mol. The van der Waals surface area contributed by atoms with Crippen LogP contribution in [-0.2, 0) is 9.53 Å². The molecule has 0 bridgehead atoms. The van der Waals surface area contributed by atoms with E-state index in [1.165, 1.54) is 0 Å². The van der Waals surface area contributed by atoms with E-state index in [9.17, 15) is 4.79 Å². The molecule has 1 fully saturated rings. The first-order valence-electron chi connectivity index (χ1n) is 8.25. The second-order valence-corrected chi connectivity index (χ2v) is 5.79. The van der Waals surface area contributed by atoms with Crippen molar-refractivity contribution in [1.29, 1.82) is 0 Å². The van der Waals surface area contributed by atoms with E-state index in [1.807, 2.05) is 13.0 Å². The lowest BCUT2D eigenvalue weighted by atomic mass is 10.2. The topological polar surface area (TPSA) is 45.7 Å². The maximum atomic E-state index is 11.5. The number of carbonyl (C=O) groups excluding carboxylic acids is 1. The van der Waals surface area contributed by atoms with Crippen molar-refractivity contribution in [2.45, 2.75) is 33.1 Å². The Hall–Kier alpha value is -1.62. The highest BCUT2D eigenvalue weighted by molar-refractivity contribution is 5.69. The van der Waals surface area contributed by atoms with Crippen molar-refractivity contribution in [3.8, 4) is 0 Å². The molecule has 1 aliphatic rings. The van der Waals surface area contributed by atoms with Gasteiger partial charge < -0.3 is 9.64 Å². The molecule has 2 rings (SSSR count). The molecule has 1 saturated heterocycles. The van der Waals surface area contributed by atoms with Gasteiger partial charge in [0.2, 0.25) is 0 Å². The summed E-state index contributed by atoms with van der Waals surface area (Å²) in [4.78, 5) is 20.7. The molecule has 0 amide bonds. The number of nitrogens with zero attached hydrogens (tertiary/aromatic N) is 3. The number of carbonyl (C=O) groups is 1. The third kappa shape index (κ3) is 5.30. The fourth-order valence-electron chi connectivity index (χ4n) is 2.59. The van der Waals surface area contributed by atoms with E-state index >= 15 is 0 Å². The molecule has 1 aliphatic heterocycles. The maximum absolute atomic E-state index is 11.5. The van der Waals surface area contributed by atoms with Gasteiger partial charge in [-0.05, 0) is 25.5 Å². The molecule has 1 aromatic heterocycles. The Balaban J connectivity index is 1.66. The van der Waals surface area contributed by atoms with Gasteiger partial charge in [-0.15, -0.1) is 0 Å². The van der Waals surface area contributed by atoms with Crippen LogP contribution in [0.2, 0.25) is 0 Å². The van der Waals surface area contributed by atoms with Gasteiger partial charge in [0.25, 0.3) is 0 Å². The number of aryl methyl sites for hydroxylation is 1. The highest BCUT2D eigenvalue weighted by Gasteiger charge is 2.18. The van der Waals surface area contributed by atoms with Crippen molar-refractivity contribution in [3.05, 3.63) is 23.9 Å². The average molecular weight is 305 g/mol. The summed E-state index contributed by atoms with van der Waals surface area (Å²) >= 11 is 0. The summed E-state index contributed by atoms with van der Waals surface area (Å²) in [7, 11) is 0. The van der Waals surface area contributed by atoms with Gasteiger partial charge >= 0.3 is 5.97 Å². The number of hydrogen-bond donors (Lipinski definition) is 0. The van der Waals surface area contributed by atoms with E-state index in [1.54, 1.807) is 0 Å². The van der Waals surface area contributed by atoms with Crippen LogP contribution in [0.1, 0.15) is 31.9 Å². The van der Waals surface area contributed by atoms with Crippen LogP contribution in [0.4, 0.5) is 5.82 Å². The van der Waals surface area contributed by atoms with E-state index in [2.05, 4.69) is 33.8 Å². The Kier molecular flexibility index (Phi) is 6.65. The maximum Gasteiger partial charge on any atom is 0.305 e. The first-order chi connectivity index (χ1) is 10.7. The Labute approximate surface area is 133 Å². The second-order valence-electron chi connectivity index (χ2n) is 5.79. The van der Waals surface area contributed by atoms with Crippen molar-refractivity contribution >= 4 is 11.8 Å². The fourth-order valence-corrected chi connectivity index (χ4v) is 2.59. The summed E-state index contributed by atoms with van der Waals surface area (Å²) in [5.41, 5.74) is 1.05. The SMILES string of the molecule is CCCCC(=O)OCCN1CCN(c2cccc(C)n2)CC1. The summed E-state index contributed by atoms with van der Waals surface area (Å²) < 4.78 is 5.27. The Morgan fingerprint density at radius 3 is 2.73 bits per heavy atom. The molecule has 0 aliphatic carbocycles. The molecule has 0 aromatic carbocycles. The molecular weight excluding hydrogens is 278 g/mol. The highest BCUT2D eigenvalue weighted by Crippen LogP contribution is 2.13. The van der Waals surface area contributed by atoms with E-state index in [4.69, 9.17) is 4.74 Å². The van der Waals surface area contributed by atoms with Crippen molar-refractivity contribution in [2.24, 2.45) is 0 Å².